The maximum Gasteiger partial charge on any atom is 0.358 e. The van der Waals surface area contributed by atoms with Gasteiger partial charge < -0.3 is 9.52 Å². The van der Waals surface area contributed by atoms with Gasteiger partial charge in [0.25, 0.3) is 0 Å². The first-order chi connectivity index (χ1) is 8.06. The summed E-state index contributed by atoms with van der Waals surface area (Å²) in [6.07, 6.45) is -0.0450. The van der Waals surface area contributed by atoms with Gasteiger partial charge in [-0.3, -0.25) is 4.79 Å². The Labute approximate surface area is 96.7 Å². The van der Waals surface area contributed by atoms with Crippen LogP contribution in [0, 0.1) is 6.92 Å². The van der Waals surface area contributed by atoms with Crippen molar-refractivity contribution in [1.82, 2.24) is 4.98 Å². The van der Waals surface area contributed by atoms with E-state index in [1.54, 1.807) is 12.1 Å². The standard InChI is InChI=1S/C12H11NO4/c1-7-2-3-8-10(6-7)17-12(16)9(13-8)4-5-11(14)15/h2-3,6H,4-5H2,1H3,(H,14,15). The molecule has 0 saturated carbocycles. The van der Waals surface area contributed by atoms with Crippen molar-refractivity contribution in [3.8, 4) is 0 Å². The van der Waals surface area contributed by atoms with Crippen LogP contribution in [0.4, 0.5) is 0 Å². The largest absolute Gasteiger partial charge is 0.481 e. The number of carboxylic acid groups (broad SMARTS) is 1. The summed E-state index contributed by atoms with van der Waals surface area (Å²) in [6, 6.07) is 5.33. The van der Waals surface area contributed by atoms with Crippen LogP contribution in [0.15, 0.2) is 27.4 Å². The second-order valence-electron chi connectivity index (χ2n) is 3.81. The Morgan fingerprint density at radius 2 is 2.24 bits per heavy atom. The van der Waals surface area contributed by atoms with E-state index in [-0.39, 0.29) is 18.5 Å². The highest BCUT2D eigenvalue weighted by Gasteiger charge is 2.09. The van der Waals surface area contributed by atoms with Crippen LogP contribution in [0.5, 0.6) is 0 Å². The number of hydrogen-bond donors (Lipinski definition) is 1. The maximum absolute atomic E-state index is 11.5. The molecule has 0 bridgehead atoms. The third kappa shape index (κ3) is 2.50. The lowest BCUT2D eigenvalue weighted by Crippen LogP contribution is -2.12. The first-order valence-electron chi connectivity index (χ1n) is 5.18. The normalized spacial score (nSPS) is 10.6. The number of aryl methyl sites for hydroxylation is 2. The highest BCUT2D eigenvalue weighted by atomic mass is 16.4. The summed E-state index contributed by atoms with van der Waals surface area (Å²) >= 11 is 0. The molecule has 88 valence electrons. The van der Waals surface area contributed by atoms with Gasteiger partial charge in [0.1, 0.15) is 11.2 Å². The van der Waals surface area contributed by atoms with Gasteiger partial charge in [-0.15, -0.1) is 0 Å². The molecule has 0 atom stereocenters. The smallest absolute Gasteiger partial charge is 0.358 e. The molecule has 0 radical (unpaired) electrons. The number of hydrogen-bond acceptors (Lipinski definition) is 4. The fourth-order valence-electron chi connectivity index (χ4n) is 1.53. The molecule has 5 heteroatoms. The maximum atomic E-state index is 11.5. The monoisotopic (exact) mass is 233 g/mol. The van der Waals surface area contributed by atoms with Gasteiger partial charge in [0.15, 0.2) is 5.58 Å². The predicted molar refractivity (Wildman–Crippen MR) is 61.0 cm³/mol. The van der Waals surface area contributed by atoms with Crippen LogP contribution >= 0.6 is 0 Å². The van der Waals surface area contributed by atoms with Crippen LogP contribution in [0.1, 0.15) is 17.7 Å². The van der Waals surface area contributed by atoms with E-state index in [1.807, 2.05) is 13.0 Å². The Morgan fingerprint density at radius 3 is 2.94 bits per heavy atom. The molecule has 1 aromatic carbocycles. The second-order valence-corrected chi connectivity index (χ2v) is 3.81. The highest BCUT2D eigenvalue weighted by molar-refractivity contribution is 5.72. The molecule has 0 unspecified atom stereocenters. The van der Waals surface area contributed by atoms with Gasteiger partial charge >= 0.3 is 11.6 Å². The number of nitrogens with zero attached hydrogens (tertiary/aromatic N) is 1. The van der Waals surface area contributed by atoms with Crippen LogP contribution in [0.2, 0.25) is 0 Å². The van der Waals surface area contributed by atoms with E-state index in [4.69, 9.17) is 9.52 Å². The van der Waals surface area contributed by atoms with Gasteiger partial charge in [-0.25, -0.2) is 9.78 Å². The molecule has 0 amide bonds. The highest BCUT2D eigenvalue weighted by Crippen LogP contribution is 2.12. The number of benzene rings is 1. The lowest BCUT2D eigenvalue weighted by Gasteiger charge is -2.00. The van der Waals surface area contributed by atoms with Gasteiger partial charge in [-0.2, -0.15) is 0 Å². The van der Waals surface area contributed by atoms with E-state index in [2.05, 4.69) is 4.98 Å². The van der Waals surface area contributed by atoms with E-state index in [0.717, 1.165) is 5.56 Å². The third-order valence-electron chi connectivity index (χ3n) is 2.38. The van der Waals surface area contributed by atoms with E-state index >= 15 is 0 Å². The van der Waals surface area contributed by atoms with E-state index in [0.29, 0.717) is 11.1 Å². The molecule has 0 aliphatic rings. The number of carbonyl (C=O) groups is 1. The van der Waals surface area contributed by atoms with E-state index < -0.39 is 11.6 Å². The summed E-state index contributed by atoms with van der Waals surface area (Å²) in [5.74, 6) is -0.963. The molecule has 0 aliphatic heterocycles. The minimum Gasteiger partial charge on any atom is -0.481 e. The summed E-state index contributed by atoms with van der Waals surface area (Å²) in [6.45, 7) is 1.89. The molecule has 0 aliphatic carbocycles. The lowest BCUT2D eigenvalue weighted by atomic mass is 10.2. The quantitative estimate of drug-likeness (QED) is 0.869. The lowest BCUT2D eigenvalue weighted by molar-refractivity contribution is -0.136. The minimum absolute atomic E-state index is 0.0848. The van der Waals surface area contributed by atoms with Crippen molar-refractivity contribution in [3.05, 3.63) is 39.9 Å². The molecular weight excluding hydrogens is 222 g/mol. The van der Waals surface area contributed by atoms with Crippen molar-refractivity contribution < 1.29 is 14.3 Å². The van der Waals surface area contributed by atoms with Gasteiger partial charge in [0, 0.05) is 6.42 Å². The molecule has 1 aromatic heterocycles. The predicted octanol–water partition coefficient (Wildman–Crippen LogP) is 1.51. The molecular formula is C12H11NO4. The third-order valence-corrected chi connectivity index (χ3v) is 2.38. The Morgan fingerprint density at radius 1 is 1.47 bits per heavy atom. The fourth-order valence-corrected chi connectivity index (χ4v) is 1.53. The van der Waals surface area contributed by atoms with Crippen LogP contribution < -0.4 is 5.63 Å². The zero-order valence-corrected chi connectivity index (χ0v) is 9.27. The van der Waals surface area contributed by atoms with Gasteiger partial charge in [0.05, 0.1) is 6.42 Å². The average molecular weight is 233 g/mol. The van der Waals surface area contributed by atoms with E-state index in [9.17, 15) is 9.59 Å². The number of aromatic nitrogens is 1. The van der Waals surface area contributed by atoms with Gasteiger partial charge in [-0.1, -0.05) is 6.07 Å². The Balaban J connectivity index is 2.45. The SMILES string of the molecule is Cc1ccc2nc(CCC(=O)O)c(=O)oc2c1. The van der Waals surface area contributed by atoms with E-state index in [1.165, 1.54) is 0 Å². The first kappa shape index (κ1) is 11.3. The molecule has 1 heterocycles. The Bertz CT molecular complexity index is 630. The average Bonchev–Trinajstić information content (AvgIpc) is 2.26. The molecule has 0 spiro atoms. The van der Waals surface area contributed by atoms with Crippen molar-refractivity contribution in [2.45, 2.75) is 19.8 Å². The van der Waals surface area contributed by atoms with Crippen molar-refractivity contribution in [2.24, 2.45) is 0 Å². The molecule has 0 saturated heterocycles. The summed E-state index contributed by atoms with van der Waals surface area (Å²) < 4.78 is 5.09. The summed E-state index contributed by atoms with van der Waals surface area (Å²) in [4.78, 5) is 26.1. The number of carboxylic acids is 1. The number of fused-ring (bicyclic) bond motifs is 1. The van der Waals surface area contributed by atoms with Crippen molar-refractivity contribution in [3.63, 3.8) is 0 Å². The summed E-state index contributed by atoms with van der Waals surface area (Å²) in [5.41, 5.74) is 1.55. The van der Waals surface area contributed by atoms with Crippen LogP contribution in [-0.2, 0) is 11.2 Å². The first-order valence-corrected chi connectivity index (χ1v) is 5.18. The van der Waals surface area contributed by atoms with Crippen molar-refractivity contribution in [1.29, 1.82) is 0 Å². The molecule has 2 rings (SSSR count). The number of aliphatic carboxylic acids is 1. The topological polar surface area (TPSA) is 80.4 Å². The van der Waals surface area contributed by atoms with Crippen LogP contribution in [-0.4, -0.2) is 16.1 Å². The second kappa shape index (κ2) is 4.37. The Kier molecular flexibility index (Phi) is 2.91. The molecule has 5 nitrogen and oxygen atoms in total. The van der Waals surface area contributed by atoms with Crippen molar-refractivity contribution in [2.75, 3.05) is 0 Å². The summed E-state index contributed by atoms with van der Waals surface area (Å²) in [7, 11) is 0. The Hall–Kier alpha value is -2.17. The molecule has 17 heavy (non-hydrogen) atoms. The fraction of sp³-hybridized carbons (Fsp3) is 0.250. The van der Waals surface area contributed by atoms with Crippen LogP contribution in [0.3, 0.4) is 0 Å². The summed E-state index contributed by atoms with van der Waals surface area (Å²) in [5, 5.41) is 8.55. The molecule has 2 aromatic rings. The van der Waals surface area contributed by atoms with Crippen molar-refractivity contribution >= 4 is 17.1 Å². The van der Waals surface area contributed by atoms with Crippen LogP contribution in [0.25, 0.3) is 11.1 Å². The van der Waals surface area contributed by atoms with Gasteiger partial charge in [-0.05, 0) is 24.6 Å². The molecule has 1 N–H and O–H groups in total. The minimum atomic E-state index is -0.963. The zero-order chi connectivity index (χ0) is 12.4. The van der Waals surface area contributed by atoms with Gasteiger partial charge in [0.2, 0.25) is 0 Å². The zero-order valence-electron chi connectivity index (χ0n) is 9.27. The molecule has 0 fully saturated rings. The number of rotatable bonds is 3.